The maximum atomic E-state index is 9.12. The van der Waals surface area contributed by atoms with Crippen molar-refractivity contribution in [2.75, 3.05) is 17.7 Å². The molecule has 1 aromatic heterocycles. The fourth-order valence-electron chi connectivity index (χ4n) is 1.80. The van der Waals surface area contributed by atoms with Gasteiger partial charge in [-0.1, -0.05) is 28.1 Å². The van der Waals surface area contributed by atoms with E-state index in [1.807, 2.05) is 36.2 Å². The molecule has 0 aliphatic rings. The fourth-order valence-corrected chi connectivity index (χ4v) is 2.06. The molecular formula is C14H13BrN4. The predicted octanol–water partition coefficient (Wildman–Crippen LogP) is 2.93. The summed E-state index contributed by atoms with van der Waals surface area (Å²) in [6.07, 6.45) is 1.56. The number of anilines is 2. The zero-order valence-electron chi connectivity index (χ0n) is 10.5. The molecule has 0 aliphatic carbocycles. The lowest BCUT2D eigenvalue weighted by Crippen LogP contribution is -2.19. The van der Waals surface area contributed by atoms with E-state index in [0.717, 1.165) is 10.0 Å². The van der Waals surface area contributed by atoms with Crippen LogP contribution in [0.1, 0.15) is 11.1 Å². The van der Waals surface area contributed by atoms with E-state index >= 15 is 0 Å². The Bertz CT molecular complexity index is 616. The summed E-state index contributed by atoms with van der Waals surface area (Å²) >= 11 is 3.40. The van der Waals surface area contributed by atoms with Crippen LogP contribution in [0.2, 0.25) is 0 Å². The van der Waals surface area contributed by atoms with E-state index in [1.165, 1.54) is 0 Å². The molecule has 4 nitrogen and oxygen atoms in total. The highest BCUT2D eigenvalue weighted by Crippen LogP contribution is 2.20. The fraction of sp³-hybridized carbons (Fsp3) is 0.143. The highest BCUT2D eigenvalue weighted by molar-refractivity contribution is 9.10. The van der Waals surface area contributed by atoms with Crippen molar-refractivity contribution < 1.29 is 0 Å². The Morgan fingerprint density at radius 3 is 2.68 bits per heavy atom. The van der Waals surface area contributed by atoms with Crippen molar-refractivity contribution in [3.63, 3.8) is 0 Å². The lowest BCUT2D eigenvalue weighted by molar-refractivity contribution is 0.895. The standard InChI is InChI=1S/C14H13BrN4/c1-19(9-10-2-4-12(15)5-3-10)14-11(7-16)6-13(17)8-18-14/h2-6,8H,9,17H2,1H3. The van der Waals surface area contributed by atoms with Crippen LogP contribution in [0.25, 0.3) is 0 Å². The average Bonchev–Trinajstić information content (AvgIpc) is 2.41. The lowest BCUT2D eigenvalue weighted by atomic mass is 10.2. The van der Waals surface area contributed by atoms with E-state index in [1.54, 1.807) is 12.3 Å². The second-order valence-corrected chi connectivity index (χ2v) is 5.15. The first kappa shape index (κ1) is 13.4. The third-order valence-corrected chi connectivity index (χ3v) is 3.23. The molecule has 0 aliphatic heterocycles. The summed E-state index contributed by atoms with van der Waals surface area (Å²) in [4.78, 5) is 6.16. The van der Waals surface area contributed by atoms with Crippen molar-refractivity contribution >= 4 is 27.4 Å². The number of aromatic nitrogens is 1. The molecule has 0 saturated heterocycles. The minimum Gasteiger partial charge on any atom is -0.397 e. The van der Waals surface area contributed by atoms with Gasteiger partial charge in [-0.3, -0.25) is 0 Å². The van der Waals surface area contributed by atoms with Crippen LogP contribution in [0.15, 0.2) is 41.0 Å². The van der Waals surface area contributed by atoms with Gasteiger partial charge >= 0.3 is 0 Å². The number of nitrogens with zero attached hydrogens (tertiary/aromatic N) is 3. The Morgan fingerprint density at radius 2 is 2.05 bits per heavy atom. The molecular weight excluding hydrogens is 304 g/mol. The number of nitrogen functional groups attached to an aromatic ring is 1. The summed E-state index contributed by atoms with van der Waals surface area (Å²) in [6.45, 7) is 0.679. The Hall–Kier alpha value is -2.06. The van der Waals surface area contributed by atoms with Gasteiger partial charge in [0.25, 0.3) is 0 Å². The number of hydrogen-bond acceptors (Lipinski definition) is 4. The van der Waals surface area contributed by atoms with Crippen LogP contribution in [0.5, 0.6) is 0 Å². The number of benzene rings is 1. The lowest BCUT2D eigenvalue weighted by Gasteiger charge is -2.19. The number of halogens is 1. The smallest absolute Gasteiger partial charge is 0.146 e. The van der Waals surface area contributed by atoms with Crippen molar-refractivity contribution in [2.45, 2.75) is 6.54 Å². The van der Waals surface area contributed by atoms with E-state index in [2.05, 4.69) is 27.0 Å². The molecule has 0 unspecified atom stereocenters. The Balaban J connectivity index is 2.23. The number of hydrogen-bond donors (Lipinski definition) is 1. The molecule has 1 heterocycles. The normalized spacial score (nSPS) is 9.95. The molecule has 1 aromatic carbocycles. The first-order valence-corrected chi connectivity index (χ1v) is 6.50. The highest BCUT2D eigenvalue weighted by atomic mass is 79.9. The van der Waals surface area contributed by atoms with Gasteiger partial charge in [-0.25, -0.2) is 4.98 Å². The van der Waals surface area contributed by atoms with Gasteiger partial charge in [0.1, 0.15) is 11.9 Å². The zero-order valence-corrected chi connectivity index (χ0v) is 12.1. The summed E-state index contributed by atoms with van der Waals surface area (Å²) < 4.78 is 1.04. The molecule has 0 bridgehead atoms. The molecule has 0 atom stereocenters. The molecule has 96 valence electrons. The number of pyridine rings is 1. The molecule has 0 spiro atoms. The maximum Gasteiger partial charge on any atom is 0.146 e. The summed E-state index contributed by atoms with van der Waals surface area (Å²) in [6, 6.07) is 11.8. The minimum absolute atomic E-state index is 0.486. The quantitative estimate of drug-likeness (QED) is 0.945. The van der Waals surface area contributed by atoms with Crippen molar-refractivity contribution in [2.24, 2.45) is 0 Å². The van der Waals surface area contributed by atoms with E-state index in [-0.39, 0.29) is 0 Å². The summed E-state index contributed by atoms with van der Waals surface area (Å²) in [7, 11) is 1.90. The summed E-state index contributed by atoms with van der Waals surface area (Å²) in [5.41, 5.74) is 7.76. The molecule has 0 amide bonds. The highest BCUT2D eigenvalue weighted by Gasteiger charge is 2.10. The average molecular weight is 317 g/mol. The van der Waals surface area contributed by atoms with Gasteiger partial charge in [-0.2, -0.15) is 5.26 Å². The zero-order chi connectivity index (χ0) is 13.8. The predicted molar refractivity (Wildman–Crippen MR) is 79.6 cm³/mol. The van der Waals surface area contributed by atoms with Crippen LogP contribution in [0, 0.1) is 11.3 Å². The van der Waals surface area contributed by atoms with E-state index in [0.29, 0.717) is 23.6 Å². The van der Waals surface area contributed by atoms with Gasteiger partial charge in [-0.15, -0.1) is 0 Å². The molecule has 2 aromatic rings. The molecule has 0 fully saturated rings. The Morgan fingerprint density at radius 1 is 1.37 bits per heavy atom. The van der Waals surface area contributed by atoms with Crippen LogP contribution in [-0.2, 0) is 6.54 Å². The van der Waals surface area contributed by atoms with E-state index < -0.39 is 0 Å². The second kappa shape index (κ2) is 5.72. The third-order valence-electron chi connectivity index (χ3n) is 2.70. The van der Waals surface area contributed by atoms with Crippen molar-refractivity contribution in [1.29, 1.82) is 5.26 Å². The number of rotatable bonds is 3. The monoisotopic (exact) mass is 316 g/mol. The maximum absolute atomic E-state index is 9.12. The van der Waals surface area contributed by atoms with Crippen LogP contribution in [0.3, 0.4) is 0 Å². The third kappa shape index (κ3) is 3.24. The first-order chi connectivity index (χ1) is 9.10. The molecule has 0 saturated carbocycles. The van der Waals surface area contributed by atoms with Gasteiger partial charge in [0.05, 0.1) is 17.4 Å². The number of nitrogens with two attached hydrogens (primary N) is 1. The summed E-state index contributed by atoms with van der Waals surface area (Å²) in [5.74, 6) is 0.639. The van der Waals surface area contributed by atoms with E-state index in [4.69, 9.17) is 11.0 Å². The topological polar surface area (TPSA) is 65.9 Å². The van der Waals surface area contributed by atoms with Crippen molar-refractivity contribution in [1.82, 2.24) is 4.98 Å². The van der Waals surface area contributed by atoms with Crippen molar-refractivity contribution in [3.8, 4) is 6.07 Å². The molecule has 0 radical (unpaired) electrons. The van der Waals surface area contributed by atoms with Gasteiger partial charge in [0.15, 0.2) is 0 Å². The number of nitriles is 1. The van der Waals surface area contributed by atoms with E-state index in [9.17, 15) is 0 Å². The van der Waals surface area contributed by atoms with Crippen LogP contribution >= 0.6 is 15.9 Å². The second-order valence-electron chi connectivity index (χ2n) is 4.23. The van der Waals surface area contributed by atoms with Gasteiger partial charge in [0, 0.05) is 18.1 Å². The molecule has 2 rings (SSSR count). The SMILES string of the molecule is CN(Cc1ccc(Br)cc1)c1ncc(N)cc1C#N. The molecule has 5 heteroatoms. The Labute approximate surface area is 120 Å². The molecule has 2 N–H and O–H groups in total. The largest absolute Gasteiger partial charge is 0.397 e. The summed E-state index contributed by atoms with van der Waals surface area (Å²) in [5, 5.41) is 9.12. The van der Waals surface area contributed by atoms with Crippen LogP contribution in [-0.4, -0.2) is 12.0 Å². The van der Waals surface area contributed by atoms with Gasteiger partial charge in [0.2, 0.25) is 0 Å². The van der Waals surface area contributed by atoms with Crippen LogP contribution < -0.4 is 10.6 Å². The first-order valence-electron chi connectivity index (χ1n) is 5.71. The van der Waals surface area contributed by atoms with Gasteiger partial charge < -0.3 is 10.6 Å². The Kier molecular flexibility index (Phi) is 4.03. The minimum atomic E-state index is 0.486. The van der Waals surface area contributed by atoms with Gasteiger partial charge in [-0.05, 0) is 23.8 Å². The molecule has 19 heavy (non-hydrogen) atoms. The van der Waals surface area contributed by atoms with Crippen LogP contribution in [0.4, 0.5) is 11.5 Å². The van der Waals surface area contributed by atoms with Crippen molar-refractivity contribution in [3.05, 3.63) is 52.1 Å².